The number of ether oxygens (including phenoxy) is 1. The average molecular weight is 285 g/mol. The minimum Gasteiger partial charge on any atom is -0.450 e. The van der Waals surface area contributed by atoms with Gasteiger partial charge in [0.15, 0.2) is 0 Å². The normalized spacial score (nSPS) is 10.1. The summed E-state index contributed by atoms with van der Waals surface area (Å²) >= 11 is 0. The Hall–Kier alpha value is -2.66. The van der Waals surface area contributed by atoms with E-state index in [0.717, 1.165) is 5.56 Å². The van der Waals surface area contributed by atoms with E-state index in [1.165, 1.54) is 12.1 Å². The fourth-order valence-corrected chi connectivity index (χ4v) is 1.96. The fraction of sp³-hybridized carbons (Fsp3) is 0.125. The van der Waals surface area contributed by atoms with E-state index in [9.17, 15) is 15.2 Å². The summed E-state index contributed by atoms with van der Waals surface area (Å²) in [4.78, 5) is 10.5. The smallest absolute Gasteiger partial charge is 0.311 e. The van der Waals surface area contributed by atoms with Crippen LogP contribution in [0.1, 0.15) is 11.1 Å². The zero-order valence-corrected chi connectivity index (χ0v) is 11.4. The van der Waals surface area contributed by atoms with Gasteiger partial charge in [-0.2, -0.15) is 0 Å². The van der Waals surface area contributed by atoms with E-state index in [0.29, 0.717) is 17.7 Å². The highest BCUT2D eigenvalue weighted by Gasteiger charge is 2.15. The van der Waals surface area contributed by atoms with Crippen LogP contribution in [0.25, 0.3) is 0 Å². The Morgan fingerprint density at radius 3 is 2.67 bits per heavy atom. The minimum absolute atomic E-state index is 0.114. The van der Waals surface area contributed by atoms with Gasteiger partial charge in [0.1, 0.15) is 5.75 Å². The molecule has 0 amide bonds. The Labute approximate surface area is 122 Å². The maximum absolute atomic E-state index is 11.0. The molecule has 5 heteroatoms. The second-order valence-electron chi connectivity index (χ2n) is 4.42. The summed E-state index contributed by atoms with van der Waals surface area (Å²) in [7, 11) is 0. The SMILES string of the molecule is C=CCc1ccc(Oc2ccccc2[N+](=O)[O-])c(CO)c1. The molecule has 0 heterocycles. The highest BCUT2D eigenvalue weighted by Crippen LogP contribution is 2.33. The van der Waals surface area contributed by atoms with E-state index in [-0.39, 0.29) is 18.0 Å². The minimum atomic E-state index is -0.500. The van der Waals surface area contributed by atoms with Crippen LogP contribution in [-0.4, -0.2) is 10.0 Å². The molecule has 108 valence electrons. The van der Waals surface area contributed by atoms with Crippen LogP contribution >= 0.6 is 0 Å². The second-order valence-corrected chi connectivity index (χ2v) is 4.42. The molecule has 1 N–H and O–H groups in total. The van der Waals surface area contributed by atoms with E-state index < -0.39 is 4.92 Å². The quantitative estimate of drug-likeness (QED) is 0.500. The van der Waals surface area contributed by atoms with Crippen molar-refractivity contribution in [2.24, 2.45) is 0 Å². The Morgan fingerprint density at radius 1 is 1.24 bits per heavy atom. The number of aliphatic hydroxyl groups is 1. The van der Waals surface area contributed by atoms with Gasteiger partial charge in [0.25, 0.3) is 0 Å². The lowest BCUT2D eigenvalue weighted by atomic mass is 10.1. The first kappa shape index (κ1) is 14.7. The van der Waals surface area contributed by atoms with Gasteiger partial charge in [-0.05, 0) is 30.2 Å². The number of rotatable bonds is 6. The Bertz CT molecular complexity index is 667. The molecule has 0 aliphatic heterocycles. The molecule has 0 atom stereocenters. The summed E-state index contributed by atoms with van der Waals surface area (Å²) < 4.78 is 5.60. The number of nitro benzene ring substituents is 1. The second kappa shape index (κ2) is 6.67. The zero-order valence-electron chi connectivity index (χ0n) is 11.4. The molecule has 0 bridgehead atoms. The molecule has 2 aromatic carbocycles. The van der Waals surface area contributed by atoms with Crippen molar-refractivity contribution in [3.05, 3.63) is 76.4 Å². The summed E-state index contributed by atoms with van der Waals surface area (Å²) in [5.41, 5.74) is 1.45. The van der Waals surface area contributed by atoms with Crippen LogP contribution in [0.3, 0.4) is 0 Å². The van der Waals surface area contributed by atoms with Crippen LogP contribution in [0.5, 0.6) is 11.5 Å². The van der Waals surface area contributed by atoms with Gasteiger partial charge in [0, 0.05) is 11.6 Å². The monoisotopic (exact) mass is 285 g/mol. The Balaban J connectivity index is 2.35. The van der Waals surface area contributed by atoms with E-state index >= 15 is 0 Å². The number of nitrogens with zero attached hydrogens (tertiary/aromatic N) is 1. The van der Waals surface area contributed by atoms with Crippen LogP contribution in [0.4, 0.5) is 5.69 Å². The van der Waals surface area contributed by atoms with Crippen LogP contribution < -0.4 is 4.74 Å². The van der Waals surface area contributed by atoms with Gasteiger partial charge in [0.05, 0.1) is 11.5 Å². The average Bonchev–Trinajstić information content (AvgIpc) is 2.49. The maximum Gasteiger partial charge on any atom is 0.311 e. The van der Waals surface area contributed by atoms with Crippen molar-refractivity contribution in [3.63, 3.8) is 0 Å². The van der Waals surface area contributed by atoms with E-state index in [2.05, 4.69) is 6.58 Å². The van der Waals surface area contributed by atoms with Gasteiger partial charge in [-0.15, -0.1) is 6.58 Å². The first-order chi connectivity index (χ1) is 10.2. The number of hydrogen-bond donors (Lipinski definition) is 1. The molecule has 2 aromatic rings. The Kier molecular flexibility index (Phi) is 4.68. The van der Waals surface area contributed by atoms with Crippen molar-refractivity contribution in [1.29, 1.82) is 0 Å². The molecule has 0 unspecified atom stereocenters. The van der Waals surface area contributed by atoms with E-state index in [1.807, 2.05) is 6.07 Å². The molecule has 2 rings (SSSR count). The molecule has 0 fully saturated rings. The Morgan fingerprint density at radius 2 is 2.00 bits per heavy atom. The molecule has 0 aliphatic carbocycles. The van der Waals surface area contributed by atoms with Crippen molar-refractivity contribution in [3.8, 4) is 11.5 Å². The van der Waals surface area contributed by atoms with Crippen LogP contribution in [0.15, 0.2) is 55.1 Å². The van der Waals surface area contributed by atoms with Gasteiger partial charge in [-0.3, -0.25) is 10.1 Å². The third kappa shape index (κ3) is 3.46. The number of aliphatic hydroxyl groups excluding tert-OH is 1. The first-order valence-electron chi connectivity index (χ1n) is 6.40. The third-order valence-corrected chi connectivity index (χ3v) is 2.96. The summed E-state index contributed by atoms with van der Waals surface area (Å²) in [5.74, 6) is 0.549. The van der Waals surface area contributed by atoms with Crippen molar-refractivity contribution in [1.82, 2.24) is 0 Å². The molecule has 0 spiro atoms. The standard InChI is InChI=1S/C16H15NO4/c1-2-5-12-8-9-15(13(10-12)11-18)21-16-7-4-3-6-14(16)17(19)20/h2-4,6-10,18H,1,5,11H2. The van der Waals surface area contributed by atoms with Gasteiger partial charge in [-0.25, -0.2) is 0 Å². The van der Waals surface area contributed by atoms with Crippen molar-refractivity contribution < 1.29 is 14.8 Å². The molecular weight excluding hydrogens is 270 g/mol. The number of para-hydroxylation sites is 2. The third-order valence-electron chi connectivity index (χ3n) is 2.96. The zero-order chi connectivity index (χ0) is 15.2. The molecule has 21 heavy (non-hydrogen) atoms. The fourth-order valence-electron chi connectivity index (χ4n) is 1.96. The number of hydrogen-bond acceptors (Lipinski definition) is 4. The summed E-state index contributed by atoms with van der Waals surface area (Å²) in [5, 5.41) is 20.4. The van der Waals surface area contributed by atoms with Crippen molar-refractivity contribution >= 4 is 5.69 Å². The predicted molar refractivity (Wildman–Crippen MR) is 79.4 cm³/mol. The number of nitro groups is 1. The molecule has 0 saturated carbocycles. The van der Waals surface area contributed by atoms with E-state index in [4.69, 9.17) is 4.74 Å². The van der Waals surface area contributed by atoms with Gasteiger partial charge < -0.3 is 9.84 Å². The first-order valence-corrected chi connectivity index (χ1v) is 6.40. The molecule has 0 aromatic heterocycles. The molecule has 0 saturated heterocycles. The topological polar surface area (TPSA) is 72.6 Å². The maximum atomic E-state index is 11.0. The summed E-state index contributed by atoms with van der Waals surface area (Å²) in [6.45, 7) is 3.46. The largest absolute Gasteiger partial charge is 0.450 e. The van der Waals surface area contributed by atoms with Crippen molar-refractivity contribution in [2.75, 3.05) is 0 Å². The van der Waals surface area contributed by atoms with Crippen molar-refractivity contribution in [2.45, 2.75) is 13.0 Å². The molecule has 5 nitrogen and oxygen atoms in total. The van der Waals surface area contributed by atoms with Gasteiger partial charge in [-0.1, -0.05) is 24.3 Å². The summed E-state index contributed by atoms with van der Waals surface area (Å²) in [6, 6.07) is 11.5. The lowest BCUT2D eigenvalue weighted by Gasteiger charge is -2.11. The highest BCUT2D eigenvalue weighted by atomic mass is 16.6. The lowest BCUT2D eigenvalue weighted by molar-refractivity contribution is -0.385. The summed E-state index contributed by atoms with van der Waals surface area (Å²) in [6.07, 6.45) is 2.44. The molecule has 0 aliphatic rings. The predicted octanol–water partition coefficient (Wildman–Crippen LogP) is 3.61. The van der Waals surface area contributed by atoms with E-state index in [1.54, 1.807) is 30.3 Å². The lowest BCUT2D eigenvalue weighted by Crippen LogP contribution is -1.97. The van der Waals surface area contributed by atoms with Gasteiger partial charge >= 0.3 is 5.69 Å². The number of benzene rings is 2. The molecular formula is C16H15NO4. The van der Waals surface area contributed by atoms with Crippen LogP contribution in [-0.2, 0) is 13.0 Å². The van der Waals surface area contributed by atoms with Gasteiger partial charge in [0.2, 0.25) is 5.75 Å². The van der Waals surface area contributed by atoms with Crippen LogP contribution in [0.2, 0.25) is 0 Å². The van der Waals surface area contributed by atoms with Crippen LogP contribution in [0, 0.1) is 10.1 Å². The number of allylic oxidation sites excluding steroid dienone is 1. The molecule has 0 radical (unpaired) electrons. The highest BCUT2D eigenvalue weighted by molar-refractivity contribution is 5.49.